The third-order valence-corrected chi connectivity index (χ3v) is 3.54. The third-order valence-electron chi connectivity index (χ3n) is 1.71. The minimum absolute atomic E-state index is 0.113. The standard InChI is InChI=1S/C8H9ClO3S/c1-6-7(9)4-3-5-8(6)13(10,11)12-2/h3-5H,1-2H3. The summed E-state index contributed by atoms with van der Waals surface area (Å²) in [4.78, 5) is 0.113. The molecular formula is C8H9ClO3S. The highest BCUT2D eigenvalue weighted by atomic mass is 35.5. The lowest BCUT2D eigenvalue weighted by atomic mass is 10.2. The van der Waals surface area contributed by atoms with Gasteiger partial charge in [-0.25, -0.2) is 0 Å². The molecule has 0 N–H and O–H groups in total. The molecule has 1 aromatic carbocycles. The predicted octanol–water partition coefficient (Wildman–Crippen LogP) is 1.98. The van der Waals surface area contributed by atoms with Crippen LogP contribution in [0.2, 0.25) is 5.02 Å². The zero-order chi connectivity index (χ0) is 10.1. The smallest absolute Gasteiger partial charge is 0.270 e. The predicted molar refractivity (Wildman–Crippen MR) is 50.4 cm³/mol. The topological polar surface area (TPSA) is 43.4 Å². The summed E-state index contributed by atoms with van der Waals surface area (Å²) in [5.41, 5.74) is 0.506. The minimum atomic E-state index is -3.64. The Morgan fingerprint density at radius 3 is 2.54 bits per heavy atom. The molecule has 0 aliphatic rings. The van der Waals surface area contributed by atoms with Crippen molar-refractivity contribution in [2.75, 3.05) is 7.11 Å². The molecule has 5 heteroatoms. The Labute approximate surface area is 82.4 Å². The molecule has 1 aromatic rings. The Kier molecular flexibility index (Phi) is 2.95. The van der Waals surface area contributed by atoms with Crippen LogP contribution in [0.4, 0.5) is 0 Å². The van der Waals surface area contributed by atoms with E-state index in [0.29, 0.717) is 10.6 Å². The van der Waals surface area contributed by atoms with Crippen molar-refractivity contribution < 1.29 is 12.6 Å². The summed E-state index contributed by atoms with van der Waals surface area (Å²) in [6.45, 7) is 1.63. The van der Waals surface area contributed by atoms with Gasteiger partial charge in [0.2, 0.25) is 0 Å². The average molecular weight is 221 g/mol. The summed E-state index contributed by atoms with van der Waals surface area (Å²) >= 11 is 5.76. The molecule has 0 fully saturated rings. The van der Waals surface area contributed by atoms with Crippen LogP contribution in [-0.4, -0.2) is 15.5 Å². The fourth-order valence-corrected chi connectivity index (χ4v) is 2.09. The summed E-state index contributed by atoms with van der Waals surface area (Å²) in [5, 5.41) is 0.415. The summed E-state index contributed by atoms with van der Waals surface area (Å²) < 4.78 is 27.0. The lowest BCUT2D eigenvalue weighted by Crippen LogP contribution is -2.04. The molecular weight excluding hydrogens is 212 g/mol. The molecule has 13 heavy (non-hydrogen) atoms. The zero-order valence-corrected chi connectivity index (χ0v) is 8.82. The van der Waals surface area contributed by atoms with Gasteiger partial charge >= 0.3 is 0 Å². The second-order valence-corrected chi connectivity index (χ2v) is 4.57. The van der Waals surface area contributed by atoms with Gasteiger partial charge < -0.3 is 0 Å². The van der Waals surface area contributed by atoms with Crippen molar-refractivity contribution in [3.05, 3.63) is 28.8 Å². The van der Waals surface area contributed by atoms with Gasteiger partial charge in [-0.3, -0.25) is 4.18 Å². The second kappa shape index (κ2) is 3.65. The molecule has 0 saturated heterocycles. The summed E-state index contributed by atoms with van der Waals surface area (Å²) in [6, 6.07) is 4.66. The van der Waals surface area contributed by atoms with Crippen molar-refractivity contribution in [1.29, 1.82) is 0 Å². The van der Waals surface area contributed by atoms with E-state index in [2.05, 4.69) is 4.18 Å². The van der Waals surface area contributed by atoms with Crippen molar-refractivity contribution in [1.82, 2.24) is 0 Å². The van der Waals surface area contributed by atoms with Gasteiger partial charge in [0, 0.05) is 5.02 Å². The van der Waals surface area contributed by atoms with E-state index in [1.54, 1.807) is 19.1 Å². The van der Waals surface area contributed by atoms with E-state index >= 15 is 0 Å². The van der Waals surface area contributed by atoms with E-state index in [1.807, 2.05) is 0 Å². The highest BCUT2D eigenvalue weighted by molar-refractivity contribution is 7.86. The highest BCUT2D eigenvalue weighted by Crippen LogP contribution is 2.23. The van der Waals surface area contributed by atoms with Crippen LogP contribution in [0.1, 0.15) is 5.56 Å². The Balaban J connectivity index is 3.40. The van der Waals surface area contributed by atoms with E-state index < -0.39 is 10.1 Å². The number of hydrogen-bond donors (Lipinski definition) is 0. The Hall–Kier alpha value is -0.580. The quantitative estimate of drug-likeness (QED) is 0.716. The van der Waals surface area contributed by atoms with Crippen LogP contribution in [0.5, 0.6) is 0 Å². The molecule has 3 nitrogen and oxygen atoms in total. The molecule has 0 amide bonds. The van der Waals surface area contributed by atoms with Gasteiger partial charge in [0.25, 0.3) is 10.1 Å². The van der Waals surface area contributed by atoms with Gasteiger partial charge in [-0.1, -0.05) is 17.7 Å². The molecule has 0 spiro atoms. The minimum Gasteiger partial charge on any atom is -0.270 e. The normalized spacial score (nSPS) is 11.6. The van der Waals surface area contributed by atoms with E-state index in [4.69, 9.17) is 11.6 Å². The molecule has 0 bridgehead atoms. The molecule has 0 radical (unpaired) electrons. The summed E-state index contributed by atoms with van der Waals surface area (Å²) in [6.07, 6.45) is 0. The van der Waals surface area contributed by atoms with E-state index in [0.717, 1.165) is 7.11 Å². The largest absolute Gasteiger partial charge is 0.297 e. The van der Waals surface area contributed by atoms with Gasteiger partial charge in [-0.15, -0.1) is 0 Å². The fraction of sp³-hybridized carbons (Fsp3) is 0.250. The lowest BCUT2D eigenvalue weighted by Gasteiger charge is -2.05. The van der Waals surface area contributed by atoms with E-state index in [-0.39, 0.29) is 4.90 Å². The van der Waals surface area contributed by atoms with Gasteiger partial charge in [-0.2, -0.15) is 8.42 Å². The molecule has 1 rings (SSSR count). The fourth-order valence-electron chi connectivity index (χ4n) is 0.948. The van der Waals surface area contributed by atoms with Gasteiger partial charge in [0.1, 0.15) is 0 Å². The van der Waals surface area contributed by atoms with Crippen LogP contribution in [0, 0.1) is 6.92 Å². The van der Waals surface area contributed by atoms with Crippen LogP contribution in [0.3, 0.4) is 0 Å². The number of rotatable bonds is 2. The molecule has 0 saturated carbocycles. The van der Waals surface area contributed by atoms with Crippen molar-refractivity contribution in [2.24, 2.45) is 0 Å². The summed E-state index contributed by atoms with van der Waals surface area (Å²) in [7, 11) is -2.52. The summed E-state index contributed by atoms with van der Waals surface area (Å²) in [5.74, 6) is 0. The maximum Gasteiger partial charge on any atom is 0.297 e. The van der Waals surface area contributed by atoms with Gasteiger partial charge in [-0.05, 0) is 24.6 Å². The molecule has 0 atom stereocenters. The number of hydrogen-bond acceptors (Lipinski definition) is 3. The monoisotopic (exact) mass is 220 g/mol. The zero-order valence-electron chi connectivity index (χ0n) is 7.24. The molecule has 0 aliphatic carbocycles. The Morgan fingerprint density at radius 1 is 1.38 bits per heavy atom. The van der Waals surface area contributed by atoms with Crippen LogP contribution >= 0.6 is 11.6 Å². The molecule has 0 unspecified atom stereocenters. The first-order valence-electron chi connectivity index (χ1n) is 3.55. The highest BCUT2D eigenvalue weighted by Gasteiger charge is 2.16. The molecule has 0 heterocycles. The molecule has 0 aromatic heterocycles. The molecule has 72 valence electrons. The number of halogens is 1. The third kappa shape index (κ3) is 2.02. The maximum absolute atomic E-state index is 11.3. The number of benzene rings is 1. The maximum atomic E-state index is 11.3. The van der Waals surface area contributed by atoms with Crippen LogP contribution in [0.25, 0.3) is 0 Å². The van der Waals surface area contributed by atoms with Crippen molar-refractivity contribution in [3.63, 3.8) is 0 Å². The van der Waals surface area contributed by atoms with Crippen LogP contribution < -0.4 is 0 Å². The first kappa shape index (κ1) is 10.5. The Bertz CT molecular complexity index is 411. The Morgan fingerprint density at radius 2 is 2.00 bits per heavy atom. The molecule has 0 aliphatic heterocycles. The first-order chi connectivity index (χ1) is 5.99. The van der Waals surface area contributed by atoms with Crippen molar-refractivity contribution in [2.45, 2.75) is 11.8 Å². The second-order valence-electron chi connectivity index (χ2n) is 2.48. The van der Waals surface area contributed by atoms with Gasteiger partial charge in [0.05, 0.1) is 12.0 Å². The first-order valence-corrected chi connectivity index (χ1v) is 5.33. The van der Waals surface area contributed by atoms with Crippen LogP contribution in [0.15, 0.2) is 23.1 Å². The van der Waals surface area contributed by atoms with E-state index in [1.165, 1.54) is 6.07 Å². The SMILES string of the molecule is COS(=O)(=O)c1cccc(Cl)c1C. The van der Waals surface area contributed by atoms with Crippen LogP contribution in [-0.2, 0) is 14.3 Å². The van der Waals surface area contributed by atoms with Crippen molar-refractivity contribution >= 4 is 21.7 Å². The van der Waals surface area contributed by atoms with Gasteiger partial charge in [0.15, 0.2) is 0 Å². The van der Waals surface area contributed by atoms with Crippen molar-refractivity contribution in [3.8, 4) is 0 Å². The average Bonchev–Trinajstić information content (AvgIpc) is 2.09. The lowest BCUT2D eigenvalue weighted by molar-refractivity contribution is 0.397. The van der Waals surface area contributed by atoms with E-state index in [9.17, 15) is 8.42 Å².